The van der Waals surface area contributed by atoms with E-state index >= 15 is 0 Å². The molecular formula is C62H66O20. The quantitative estimate of drug-likeness (QED) is 0.0254. The minimum atomic E-state index is -1.33. The number of carbonyl (C=O) groups is 6. The number of phenolic OH excluding ortho intramolecular Hbond substituents is 4. The molecule has 0 aromatic heterocycles. The highest BCUT2D eigenvalue weighted by atomic mass is 16.6. The first-order valence-corrected chi connectivity index (χ1v) is 25.5. The molecule has 0 fully saturated rings. The number of carbonyl (C=O) groups excluding carboxylic acids is 3. The lowest BCUT2D eigenvalue weighted by atomic mass is 9.81. The Bertz CT molecular complexity index is 3780. The maximum atomic E-state index is 14.5. The topological polar surface area (TPSA) is 309 Å². The Kier molecular flexibility index (Phi) is 17.6. The summed E-state index contributed by atoms with van der Waals surface area (Å²) in [5, 5.41) is 77.9. The molecule has 6 aromatic carbocycles. The molecule has 0 saturated heterocycles. The molecule has 20 heteroatoms. The lowest BCUT2D eigenvalue weighted by molar-refractivity contribution is -0.136. The molecule has 0 spiro atoms. The number of aromatic hydroxyl groups is 4. The van der Waals surface area contributed by atoms with E-state index < -0.39 is 77.2 Å². The fraction of sp³-hybridized carbons (Fsp3) is 0.323. The fourth-order valence-corrected chi connectivity index (χ4v) is 10.9. The minimum absolute atomic E-state index is 0.00478. The number of carboxylic acid groups (broad SMARTS) is 3. The van der Waals surface area contributed by atoms with Crippen LogP contribution in [0.4, 0.5) is 0 Å². The first-order chi connectivity index (χ1) is 38.3. The smallest absolute Gasteiger partial charge is 0.347 e. The molecule has 20 nitrogen and oxygen atoms in total. The first kappa shape index (κ1) is 61.7. The minimum Gasteiger partial charge on any atom is -0.508 e. The van der Waals surface area contributed by atoms with Crippen molar-refractivity contribution in [2.24, 2.45) is 0 Å². The number of carboxylic acids is 3. The van der Waals surface area contributed by atoms with Crippen molar-refractivity contribution in [1.82, 2.24) is 0 Å². The molecular weight excluding hydrogens is 1060 g/mol. The van der Waals surface area contributed by atoms with Crippen LogP contribution in [0.2, 0.25) is 0 Å². The Balaban J connectivity index is 1.46. The van der Waals surface area contributed by atoms with Gasteiger partial charge < -0.3 is 68.9 Å². The van der Waals surface area contributed by atoms with Crippen LogP contribution in [0.1, 0.15) is 146 Å². The number of aliphatic carboxylic acids is 1. The fourth-order valence-electron chi connectivity index (χ4n) is 10.9. The van der Waals surface area contributed by atoms with E-state index in [0.717, 1.165) is 6.07 Å². The third kappa shape index (κ3) is 10.2. The maximum absolute atomic E-state index is 14.5. The van der Waals surface area contributed by atoms with E-state index in [9.17, 15) is 64.5 Å². The van der Waals surface area contributed by atoms with E-state index in [4.69, 9.17) is 33.2 Å². The van der Waals surface area contributed by atoms with Crippen LogP contribution in [0.25, 0.3) is 11.1 Å². The van der Waals surface area contributed by atoms with Gasteiger partial charge in [0.05, 0.1) is 34.9 Å². The summed E-state index contributed by atoms with van der Waals surface area (Å²) in [4.78, 5) is 80.0. The van der Waals surface area contributed by atoms with Crippen LogP contribution in [0.3, 0.4) is 0 Å². The lowest BCUT2D eigenvalue weighted by Crippen LogP contribution is -2.18. The molecule has 0 atom stereocenters. The molecule has 6 rings (SSSR count). The van der Waals surface area contributed by atoms with Crippen LogP contribution in [-0.4, -0.2) is 100 Å². The molecule has 7 N–H and O–H groups in total. The number of rotatable bonds is 17. The molecule has 434 valence electrons. The highest BCUT2D eigenvalue weighted by Gasteiger charge is 2.35. The van der Waals surface area contributed by atoms with Gasteiger partial charge in [-0.3, -0.25) is 4.79 Å². The molecule has 0 radical (unpaired) electrons. The van der Waals surface area contributed by atoms with Crippen LogP contribution in [0.5, 0.6) is 63.2 Å². The summed E-state index contributed by atoms with van der Waals surface area (Å²) in [5.41, 5.74) is 2.15. The molecule has 6 aromatic rings. The van der Waals surface area contributed by atoms with E-state index in [-0.39, 0.29) is 140 Å². The van der Waals surface area contributed by atoms with Crippen LogP contribution < -0.4 is 33.2 Å². The largest absolute Gasteiger partial charge is 0.508 e. The predicted molar refractivity (Wildman–Crippen MR) is 300 cm³/mol. The Hall–Kier alpha value is -9.46. The second-order valence-electron chi connectivity index (χ2n) is 20.1. The summed E-state index contributed by atoms with van der Waals surface area (Å²) in [6.07, 6.45) is -1.29. The molecule has 0 bridgehead atoms. The SMILES string of the molecule is COc1c(C)c(OC(=O)c2c(C)c(C)c(OC(=O)c3c(C)c(O)cc(Cc4c(O)c(C)c(CC(=O)O)c(-c5c(C)c(C)c(C(=O)Oc6c(C)c(C)c(C(=O)O)c(OC)c6C)c(OC)c5C)c4O)c3O)c(C)c2OC)c(C)c(C)c1C(=O)O. The van der Waals surface area contributed by atoms with Crippen molar-refractivity contribution in [3.63, 3.8) is 0 Å². The van der Waals surface area contributed by atoms with Crippen molar-refractivity contribution in [1.29, 1.82) is 0 Å². The van der Waals surface area contributed by atoms with Gasteiger partial charge in [-0.15, -0.1) is 0 Å². The van der Waals surface area contributed by atoms with Gasteiger partial charge in [0.25, 0.3) is 0 Å². The average Bonchev–Trinajstić information content (AvgIpc) is 3.57. The van der Waals surface area contributed by atoms with Gasteiger partial charge in [-0.05, 0) is 164 Å². The number of esters is 3. The zero-order valence-electron chi connectivity index (χ0n) is 48.9. The van der Waals surface area contributed by atoms with Gasteiger partial charge in [0, 0.05) is 50.9 Å². The van der Waals surface area contributed by atoms with Crippen LogP contribution in [0.15, 0.2) is 6.07 Å². The third-order valence-electron chi connectivity index (χ3n) is 15.7. The van der Waals surface area contributed by atoms with Crippen LogP contribution in [0, 0.1) is 96.9 Å². The molecule has 0 saturated carbocycles. The summed E-state index contributed by atoms with van der Waals surface area (Å²) >= 11 is 0. The Morgan fingerprint density at radius 3 is 1.09 bits per heavy atom. The second kappa shape index (κ2) is 23.3. The number of hydrogen-bond acceptors (Lipinski definition) is 17. The maximum Gasteiger partial charge on any atom is 0.347 e. The average molecular weight is 1130 g/mol. The molecule has 82 heavy (non-hydrogen) atoms. The lowest BCUT2D eigenvalue weighted by Gasteiger charge is -2.26. The summed E-state index contributed by atoms with van der Waals surface area (Å²) in [5.74, 6) is -9.24. The number of hydrogen-bond donors (Lipinski definition) is 7. The summed E-state index contributed by atoms with van der Waals surface area (Å²) in [7, 11) is 5.18. The van der Waals surface area contributed by atoms with Crippen molar-refractivity contribution < 1.29 is 97.7 Å². The summed E-state index contributed by atoms with van der Waals surface area (Å²) in [6.45, 7) is 21.6. The number of benzene rings is 6. The standard InChI is InChI=1S/C62H66O20/c1-22-23(2)45(61(74)81-51-27(6)24(3)43(58(69)70)55(77-16)33(51)12)54(76-15)32(11)41(22)47-37(21-40(64)65)30(9)48(66)38(50(47)68)19-36-20-39(63)31(10)42(49(36)67)60(73)80-53-29(8)26(5)46(57(79-18)35(53)14)62(75)82-52-28(7)25(4)44(59(71)72)56(78-17)34(52)13/h20,63,66-68H,19,21H2,1-18H3,(H,64,65)(H,69,70)(H,71,72). The zero-order chi connectivity index (χ0) is 61.7. The molecule has 0 unspecified atom stereocenters. The number of phenols is 4. The van der Waals surface area contributed by atoms with Crippen LogP contribution >= 0.6 is 0 Å². The van der Waals surface area contributed by atoms with E-state index in [0.29, 0.717) is 27.8 Å². The van der Waals surface area contributed by atoms with Gasteiger partial charge in [-0.1, -0.05) is 0 Å². The second-order valence-corrected chi connectivity index (χ2v) is 20.1. The molecule has 0 aliphatic heterocycles. The van der Waals surface area contributed by atoms with Gasteiger partial charge in [0.1, 0.15) is 91.1 Å². The Labute approximate surface area is 473 Å². The molecule has 0 aliphatic rings. The Morgan fingerprint density at radius 2 is 0.707 bits per heavy atom. The first-order valence-electron chi connectivity index (χ1n) is 25.5. The van der Waals surface area contributed by atoms with Gasteiger partial charge >= 0.3 is 35.8 Å². The van der Waals surface area contributed by atoms with Gasteiger partial charge in [-0.25, -0.2) is 24.0 Å². The Morgan fingerprint density at radius 1 is 0.354 bits per heavy atom. The third-order valence-corrected chi connectivity index (χ3v) is 15.7. The van der Waals surface area contributed by atoms with Gasteiger partial charge in [0.2, 0.25) is 0 Å². The van der Waals surface area contributed by atoms with Crippen LogP contribution in [-0.2, 0) is 17.6 Å². The molecule has 0 heterocycles. The number of methoxy groups -OCH3 is 4. The van der Waals surface area contributed by atoms with Crippen molar-refractivity contribution >= 4 is 35.8 Å². The number of aromatic carboxylic acids is 2. The summed E-state index contributed by atoms with van der Waals surface area (Å²) in [6, 6.07) is 1.13. The highest BCUT2D eigenvalue weighted by molar-refractivity contribution is 6.03. The van der Waals surface area contributed by atoms with E-state index in [1.165, 1.54) is 49.2 Å². The highest BCUT2D eigenvalue weighted by Crippen LogP contribution is 2.51. The molecule has 0 aliphatic carbocycles. The van der Waals surface area contributed by atoms with Gasteiger partial charge in [-0.2, -0.15) is 0 Å². The van der Waals surface area contributed by atoms with E-state index in [1.807, 2.05) is 0 Å². The predicted octanol–water partition coefficient (Wildman–Crippen LogP) is 10.8. The van der Waals surface area contributed by atoms with Crippen molar-refractivity contribution in [2.75, 3.05) is 28.4 Å². The van der Waals surface area contributed by atoms with Gasteiger partial charge in [0.15, 0.2) is 0 Å². The van der Waals surface area contributed by atoms with E-state index in [2.05, 4.69) is 0 Å². The van der Waals surface area contributed by atoms with Crippen molar-refractivity contribution in [3.05, 3.63) is 128 Å². The summed E-state index contributed by atoms with van der Waals surface area (Å²) < 4.78 is 40.4. The van der Waals surface area contributed by atoms with Crippen molar-refractivity contribution in [3.8, 4) is 74.4 Å². The van der Waals surface area contributed by atoms with E-state index in [1.54, 1.807) is 76.2 Å². The van der Waals surface area contributed by atoms with Crippen molar-refractivity contribution in [2.45, 2.75) is 110 Å². The number of ether oxygens (including phenoxy) is 7. The zero-order valence-corrected chi connectivity index (χ0v) is 48.9. The normalized spacial score (nSPS) is 11.0. The molecule has 0 amide bonds. The monoisotopic (exact) mass is 1130 g/mol.